The lowest BCUT2D eigenvalue weighted by molar-refractivity contribution is -0.305. The van der Waals surface area contributed by atoms with Crippen molar-refractivity contribution in [2.45, 2.75) is 295 Å². The number of hydrogen-bond donors (Lipinski definition) is 4. The second-order valence-corrected chi connectivity index (χ2v) is 19.7. The number of rotatable bonds is 50. The minimum absolute atomic E-state index is 0.117. The first kappa shape index (κ1) is 64.2. The molecule has 9 heteroatoms. The highest BCUT2D eigenvalue weighted by molar-refractivity contribution is 5.69. The van der Waals surface area contributed by atoms with Crippen molar-refractivity contribution in [2.75, 3.05) is 26.4 Å². The average molecular weight is 962 g/mol. The summed E-state index contributed by atoms with van der Waals surface area (Å²) in [5.41, 5.74) is 0. The molecule has 6 unspecified atom stereocenters. The third-order valence-electron chi connectivity index (χ3n) is 13.2. The Bertz CT molecular complexity index is 1180. The van der Waals surface area contributed by atoms with Gasteiger partial charge in [-0.1, -0.05) is 223 Å². The molecule has 0 aliphatic carbocycles. The van der Waals surface area contributed by atoms with E-state index in [2.05, 4.69) is 62.5 Å². The SMILES string of the molecule is CCCCC/C=C\C/C=C\C/C=C\CCCCCCCCCOCC(COC1OC(CO)C(O)C(O)C1O)OC(=O)CCCCCCCCCCCCCCC/C=C\CCCCCCCCCC. The first-order chi connectivity index (χ1) is 33.4. The number of aliphatic hydroxyl groups excluding tert-OH is 4. The Morgan fingerprint density at radius 1 is 0.471 bits per heavy atom. The highest BCUT2D eigenvalue weighted by Gasteiger charge is 2.44. The van der Waals surface area contributed by atoms with Crippen LogP contribution in [0.5, 0.6) is 0 Å². The smallest absolute Gasteiger partial charge is 0.306 e. The van der Waals surface area contributed by atoms with Gasteiger partial charge < -0.3 is 39.4 Å². The second-order valence-electron chi connectivity index (χ2n) is 19.7. The highest BCUT2D eigenvalue weighted by atomic mass is 16.7. The van der Waals surface area contributed by atoms with E-state index >= 15 is 0 Å². The van der Waals surface area contributed by atoms with Crippen LogP contribution in [-0.2, 0) is 23.7 Å². The Kier molecular flexibility index (Phi) is 47.3. The third kappa shape index (κ3) is 39.8. The van der Waals surface area contributed by atoms with Crippen molar-refractivity contribution >= 4 is 5.97 Å². The van der Waals surface area contributed by atoms with Gasteiger partial charge in [0.15, 0.2) is 6.29 Å². The van der Waals surface area contributed by atoms with E-state index in [1.165, 1.54) is 180 Å². The molecule has 1 aliphatic rings. The number of hydrogen-bond acceptors (Lipinski definition) is 9. The van der Waals surface area contributed by atoms with E-state index in [0.29, 0.717) is 13.0 Å². The van der Waals surface area contributed by atoms with Gasteiger partial charge in [-0.15, -0.1) is 0 Å². The molecule has 1 rings (SSSR count). The molecule has 68 heavy (non-hydrogen) atoms. The van der Waals surface area contributed by atoms with E-state index in [-0.39, 0.29) is 19.2 Å². The zero-order chi connectivity index (χ0) is 49.2. The molecule has 0 radical (unpaired) electrons. The number of carbonyl (C=O) groups is 1. The largest absolute Gasteiger partial charge is 0.457 e. The molecular formula is C59H108O9. The van der Waals surface area contributed by atoms with Gasteiger partial charge in [-0.2, -0.15) is 0 Å². The minimum atomic E-state index is -1.54. The van der Waals surface area contributed by atoms with E-state index in [1.807, 2.05) is 0 Å². The monoisotopic (exact) mass is 961 g/mol. The third-order valence-corrected chi connectivity index (χ3v) is 13.2. The van der Waals surface area contributed by atoms with Gasteiger partial charge >= 0.3 is 5.97 Å². The van der Waals surface area contributed by atoms with Crippen LogP contribution in [-0.4, -0.2) is 89.6 Å². The van der Waals surface area contributed by atoms with E-state index in [1.54, 1.807) is 0 Å². The van der Waals surface area contributed by atoms with Crippen molar-refractivity contribution < 1.29 is 44.2 Å². The minimum Gasteiger partial charge on any atom is -0.457 e. The molecular weight excluding hydrogens is 853 g/mol. The summed E-state index contributed by atoms with van der Waals surface area (Å²) in [5.74, 6) is -0.314. The van der Waals surface area contributed by atoms with Gasteiger partial charge in [0.05, 0.1) is 19.8 Å². The van der Waals surface area contributed by atoms with Crippen LogP contribution >= 0.6 is 0 Å². The number of aliphatic hydroxyl groups is 4. The van der Waals surface area contributed by atoms with Gasteiger partial charge in [0.25, 0.3) is 0 Å². The predicted octanol–water partition coefficient (Wildman–Crippen LogP) is 14.8. The van der Waals surface area contributed by atoms with Crippen molar-refractivity contribution in [3.63, 3.8) is 0 Å². The summed E-state index contributed by atoms with van der Waals surface area (Å²) in [7, 11) is 0. The average Bonchev–Trinajstić information content (AvgIpc) is 3.34. The van der Waals surface area contributed by atoms with E-state index < -0.39 is 43.4 Å². The van der Waals surface area contributed by atoms with Gasteiger partial charge in [-0.05, 0) is 77.0 Å². The number of unbranched alkanes of at least 4 members (excludes halogenated alkanes) is 31. The Hall–Kier alpha value is -1.85. The summed E-state index contributed by atoms with van der Waals surface area (Å²) >= 11 is 0. The molecule has 398 valence electrons. The fraction of sp³-hybridized carbons (Fsp3) is 0.847. The molecule has 0 aromatic carbocycles. The molecule has 0 saturated carbocycles. The van der Waals surface area contributed by atoms with Crippen molar-refractivity contribution in [1.82, 2.24) is 0 Å². The van der Waals surface area contributed by atoms with Crippen LogP contribution in [0.4, 0.5) is 0 Å². The van der Waals surface area contributed by atoms with Gasteiger partial charge in [-0.3, -0.25) is 4.79 Å². The summed E-state index contributed by atoms with van der Waals surface area (Å²) in [6.07, 6.45) is 57.3. The lowest BCUT2D eigenvalue weighted by Gasteiger charge is -2.39. The Balaban J connectivity index is 2.16. The number of allylic oxidation sites excluding steroid dienone is 8. The molecule has 9 nitrogen and oxygen atoms in total. The maximum atomic E-state index is 12.9. The lowest BCUT2D eigenvalue weighted by atomic mass is 9.99. The molecule has 1 saturated heterocycles. The summed E-state index contributed by atoms with van der Waals surface area (Å²) < 4.78 is 23.0. The maximum absolute atomic E-state index is 12.9. The van der Waals surface area contributed by atoms with E-state index in [0.717, 1.165) is 57.8 Å². The standard InChI is InChI=1S/C59H108O9/c1-3-5-7-9-11-13-15-17-19-21-23-25-26-27-28-29-30-32-34-36-38-40-42-44-46-48-55(61)67-53(52-66-59-58(64)57(63)56(62)54(50-60)68-59)51-65-49-47-45-43-41-39-37-35-33-31-24-22-20-18-16-14-12-10-8-6-4-2/h12,14,18,20-21,23-24,31,53-54,56-60,62-64H,3-11,13,15-17,19,22,25-30,32-52H2,1-2H3/b14-12-,20-18-,23-21-,31-24-. The van der Waals surface area contributed by atoms with Crippen LogP contribution in [0.1, 0.15) is 258 Å². The molecule has 1 heterocycles. The Labute approximate surface area is 418 Å². The fourth-order valence-electron chi connectivity index (χ4n) is 8.73. The quantitative estimate of drug-likeness (QED) is 0.0267. The summed E-state index contributed by atoms with van der Waals surface area (Å²) in [6, 6.07) is 0. The Morgan fingerprint density at radius 2 is 0.853 bits per heavy atom. The first-order valence-corrected chi connectivity index (χ1v) is 28.7. The van der Waals surface area contributed by atoms with Crippen LogP contribution in [0, 0.1) is 0 Å². The molecule has 0 aromatic heterocycles. The number of carbonyl (C=O) groups excluding carboxylic acids is 1. The maximum Gasteiger partial charge on any atom is 0.306 e. The van der Waals surface area contributed by atoms with Crippen LogP contribution in [0.15, 0.2) is 48.6 Å². The van der Waals surface area contributed by atoms with Crippen LogP contribution in [0.3, 0.4) is 0 Å². The molecule has 0 amide bonds. The molecule has 4 N–H and O–H groups in total. The van der Waals surface area contributed by atoms with Crippen molar-refractivity contribution in [3.8, 4) is 0 Å². The topological polar surface area (TPSA) is 135 Å². The molecule has 0 spiro atoms. The normalized spacial score (nSPS) is 19.4. The summed E-state index contributed by atoms with van der Waals surface area (Å²) in [6.45, 7) is 4.54. The summed E-state index contributed by atoms with van der Waals surface area (Å²) in [4.78, 5) is 12.9. The van der Waals surface area contributed by atoms with E-state index in [4.69, 9.17) is 18.9 Å². The zero-order valence-corrected chi connectivity index (χ0v) is 44.1. The fourth-order valence-corrected chi connectivity index (χ4v) is 8.73. The van der Waals surface area contributed by atoms with Gasteiger partial charge in [-0.25, -0.2) is 0 Å². The van der Waals surface area contributed by atoms with Gasteiger partial charge in [0.2, 0.25) is 0 Å². The van der Waals surface area contributed by atoms with Gasteiger partial charge in [0, 0.05) is 13.0 Å². The van der Waals surface area contributed by atoms with E-state index in [9.17, 15) is 25.2 Å². The van der Waals surface area contributed by atoms with Crippen molar-refractivity contribution in [3.05, 3.63) is 48.6 Å². The van der Waals surface area contributed by atoms with Crippen LogP contribution < -0.4 is 0 Å². The van der Waals surface area contributed by atoms with Crippen LogP contribution in [0.25, 0.3) is 0 Å². The van der Waals surface area contributed by atoms with Gasteiger partial charge in [0.1, 0.15) is 30.5 Å². The molecule has 1 fully saturated rings. The van der Waals surface area contributed by atoms with Crippen LogP contribution in [0.2, 0.25) is 0 Å². The highest BCUT2D eigenvalue weighted by Crippen LogP contribution is 2.23. The molecule has 0 bridgehead atoms. The second kappa shape index (κ2) is 50.1. The van der Waals surface area contributed by atoms with Crippen molar-refractivity contribution in [2.24, 2.45) is 0 Å². The molecule has 1 aliphatic heterocycles. The number of ether oxygens (including phenoxy) is 4. The first-order valence-electron chi connectivity index (χ1n) is 28.7. The number of esters is 1. The molecule has 6 atom stereocenters. The Morgan fingerprint density at radius 3 is 1.32 bits per heavy atom. The summed E-state index contributed by atoms with van der Waals surface area (Å²) in [5, 5.41) is 40.3. The molecule has 0 aromatic rings. The zero-order valence-electron chi connectivity index (χ0n) is 44.1. The predicted molar refractivity (Wildman–Crippen MR) is 284 cm³/mol. The lowest BCUT2D eigenvalue weighted by Crippen LogP contribution is -2.59. The van der Waals surface area contributed by atoms with Crippen molar-refractivity contribution in [1.29, 1.82) is 0 Å².